The zero-order valence-corrected chi connectivity index (χ0v) is 11.0. The van der Waals surface area contributed by atoms with Crippen molar-refractivity contribution in [2.24, 2.45) is 0 Å². The third kappa shape index (κ3) is 3.86. The minimum atomic E-state index is 0.726. The number of piperidine rings is 1. The lowest BCUT2D eigenvalue weighted by Crippen LogP contribution is -2.42. The Morgan fingerprint density at radius 1 is 1.35 bits per heavy atom. The predicted molar refractivity (Wildman–Crippen MR) is 70.0 cm³/mol. The molecule has 1 N–H and O–H groups in total. The molecule has 0 amide bonds. The smallest absolute Gasteiger partial charge is 0.118 e. The van der Waals surface area contributed by atoms with Crippen LogP contribution in [0.2, 0.25) is 0 Å². The van der Waals surface area contributed by atoms with Crippen molar-refractivity contribution >= 4 is 0 Å². The molecule has 1 aromatic rings. The molecule has 0 saturated carbocycles. The van der Waals surface area contributed by atoms with Crippen LogP contribution in [0.1, 0.15) is 37.7 Å². The quantitative estimate of drug-likeness (QED) is 0.851. The van der Waals surface area contributed by atoms with Crippen LogP contribution in [0.25, 0.3) is 0 Å². The fraction of sp³-hybridized carbons (Fsp3) is 0.714. The van der Waals surface area contributed by atoms with Crippen molar-refractivity contribution in [3.63, 3.8) is 0 Å². The van der Waals surface area contributed by atoms with Gasteiger partial charge >= 0.3 is 0 Å². The van der Waals surface area contributed by atoms with Gasteiger partial charge in [0.15, 0.2) is 0 Å². The molecule has 2 rings (SSSR count). The Kier molecular flexibility index (Phi) is 4.63. The first-order chi connectivity index (χ1) is 8.28. The van der Waals surface area contributed by atoms with E-state index < -0.39 is 0 Å². The van der Waals surface area contributed by atoms with Gasteiger partial charge in [0.1, 0.15) is 11.5 Å². The second-order valence-electron chi connectivity index (χ2n) is 5.02. The number of hydrogen-bond acceptors (Lipinski definition) is 3. The molecule has 0 radical (unpaired) electrons. The summed E-state index contributed by atoms with van der Waals surface area (Å²) in [6, 6.07) is 4.87. The molecule has 1 fully saturated rings. The Hall–Kier alpha value is -0.800. The molecule has 0 atom stereocenters. The fourth-order valence-electron chi connectivity index (χ4n) is 2.43. The Morgan fingerprint density at radius 3 is 2.71 bits per heavy atom. The number of aryl methyl sites for hydroxylation is 1. The summed E-state index contributed by atoms with van der Waals surface area (Å²) in [4.78, 5) is 2.49. The maximum absolute atomic E-state index is 5.62. The van der Waals surface area contributed by atoms with Crippen molar-refractivity contribution in [3.8, 4) is 0 Å². The van der Waals surface area contributed by atoms with Crippen LogP contribution < -0.4 is 5.32 Å². The highest BCUT2D eigenvalue weighted by molar-refractivity contribution is 5.05. The van der Waals surface area contributed by atoms with Gasteiger partial charge in [-0.05, 0) is 44.9 Å². The number of rotatable bonds is 5. The molecule has 0 aliphatic carbocycles. The monoisotopic (exact) mass is 236 g/mol. The topological polar surface area (TPSA) is 28.4 Å². The summed E-state index contributed by atoms with van der Waals surface area (Å²) in [7, 11) is 0. The molecule has 1 aliphatic heterocycles. The Bertz CT molecular complexity index is 327. The summed E-state index contributed by atoms with van der Waals surface area (Å²) in [5.41, 5.74) is 0. The molecule has 0 bridgehead atoms. The molecule has 3 nitrogen and oxygen atoms in total. The summed E-state index contributed by atoms with van der Waals surface area (Å²) in [5, 5.41) is 3.61. The van der Waals surface area contributed by atoms with E-state index in [1.165, 1.54) is 32.4 Å². The van der Waals surface area contributed by atoms with E-state index in [1.807, 2.05) is 13.0 Å². The molecular weight excluding hydrogens is 212 g/mol. The highest BCUT2D eigenvalue weighted by atomic mass is 16.3. The lowest BCUT2D eigenvalue weighted by atomic mass is 10.0. The van der Waals surface area contributed by atoms with Crippen molar-refractivity contribution < 1.29 is 4.42 Å². The highest BCUT2D eigenvalue weighted by Crippen LogP contribution is 2.15. The molecule has 17 heavy (non-hydrogen) atoms. The molecule has 1 aliphatic rings. The first-order valence-corrected chi connectivity index (χ1v) is 6.79. The second kappa shape index (κ2) is 6.22. The van der Waals surface area contributed by atoms with E-state index >= 15 is 0 Å². The van der Waals surface area contributed by atoms with Crippen LogP contribution >= 0.6 is 0 Å². The average molecular weight is 236 g/mol. The second-order valence-corrected chi connectivity index (χ2v) is 5.02. The standard InChI is InChI=1S/C14H24N2O/c1-3-8-15-13-6-9-16(10-7-13)11-14-5-4-12(2)17-14/h4-5,13,15H,3,6-11H2,1-2H3. The van der Waals surface area contributed by atoms with Gasteiger partial charge in [-0.25, -0.2) is 0 Å². The lowest BCUT2D eigenvalue weighted by molar-refractivity contribution is 0.178. The van der Waals surface area contributed by atoms with Crippen LogP contribution in [-0.4, -0.2) is 30.6 Å². The first-order valence-electron chi connectivity index (χ1n) is 6.79. The van der Waals surface area contributed by atoms with Crippen molar-refractivity contribution in [2.45, 2.75) is 45.7 Å². The van der Waals surface area contributed by atoms with Crippen LogP contribution in [0.15, 0.2) is 16.5 Å². The number of nitrogens with one attached hydrogen (secondary N) is 1. The molecule has 0 spiro atoms. The number of hydrogen-bond donors (Lipinski definition) is 1. The van der Waals surface area contributed by atoms with E-state index in [4.69, 9.17) is 4.42 Å². The van der Waals surface area contributed by atoms with E-state index in [9.17, 15) is 0 Å². The third-order valence-electron chi connectivity index (χ3n) is 3.45. The van der Waals surface area contributed by atoms with E-state index in [-0.39, 0.29) is 0 Å². The van der Waals surface area contributed by atoms with Crippen molar-refractivity contribution in [1.29, 1.82) is 0 Å². The van der Waals surface area contributed by atoms with Crippen LogP contribution in [0.3, 0.4) is 0 Å². The van der Waals surface area contributed by atoms with Crippen molar-refractivity contribution in [3.05, 3.63) is 23.7 Å². The molecule has 3 heteroatoms. The minimum absolute atomic E-state index is 0.726. The van der Waals surface area contributed by atoms with Gasteiger partial charge in [0.2, 0.25) is 0 Å². The Morgan fingerprint density at radius 2 is 2.12 bits per heavy atom. The van der Waals surface area contributed by atoms with Gasteiger partial charge in [-0.3, -0.25) is 4.90 Å². The van der Waals surface area contributed by atoms with Gasteiger partial charge in [-0.1, -0.05) is 6.92 Å². The number of furan rings is 1. The van der Waals surface area contributed by atoms with E-state index in [1.54, 1.807) is 0 Å². The zero-order chi connectivity index (χ0) is 12.1. The predicted octanol–water partition coefficient (Wildman–Crippen LogP) is 2.55. The van der Waals surface area contributed by atoms with E-state index in [0.717, 1.165) is 30.7 Å². The van der Waals surface area contributed by atoms with Crippen molar-refractivity contribution in [1.82, 2.24) is 10.2 Å². The highest BCUT2D eigenvalue weighted by Gasteiger charge is 2.19. The maximum atomic E-state index is 5.62. The van der Waals surface area contributed by atoms with E-state index in [2.05, 4.69) is 23.2 Å². The third-order valence-corrected chi connectivity index (χ3v) is 3.45. The van der Waals surface area contributed by atoms with Gasteiger partial charge in [0.05, 0.1) is 6.54 Å². The summed E-state index contributed by atoms with van der Waals surface area (Å²) >= 11 is 0. The minimum Gasteiger partial charge on any atom is -0.465 e. The summed E-state index contributed by atoms with van der Waals surface area (Å²) in [6.45, 7) is 8.71. The molecular formula is C14H24N2O. The molecule has 0 unspecified atom stereocenters. The zero-order valence-electron chi connectivity index (χ0n) is 11.0. The van der Waals surface area contributed by atoms with E-state index in [0.29, 0.717) is 0 Å². The average Bonchev–Trinajstić information content (AvgIpc) is 2.74. The molecule has 1 aromatic heterocycles. The Labute approximate surface area is 104 Å². The normalized spacial score (nSPS) is 18.7. The van der Waals surface area contributed by atoms with Crippen LogP contribution in [0, 0.1) is 6.92 Å². The Balaban J connectivity index is 1.72. The molecule has 96 valence electrons. The lowest BCUT2D eigenvalue weighted by Gasteiger charge is -2.31. The largest absolute Gasteiger partial charge is 0.465 e. The van der Waals surface area contributed by atoms with Crippen molar-refractivity contribution in [2.75, 3.05) is 19.6 Å². The van der Waals surface area contributed by atoms with Gasteiger partial charge in [0, 0.05) is 19.1 Å². The maximum Gasteiger partial charge on any atom is 0.118 e. The van der Waals surface area contributed by atoms with Gasteiger partial charge in [-0.15, -0.1) is 0 Å². The SMILES string of the molecule is CCCNC1CCN(Cc2ccc(C)o2)CC1. The van der Waals surface area contributed by atoms with Crippen LogP contribution in [0.4, 0.5) is 0 Å². The summed E-state index contributed by atoms with van der Waals surface area (Å²) in [6.07, 6.45) is 3.76. The summed E-state index contributed by atoms with van der Waals surface area (Å²) in [5.74, 6) is 2.11. The van der Waals surface area contributed by atoms with Gasteiger partial charge in [-0.2, -0.15) is 0 Å². The first kappa shape index (κ1) is 12.7. The summed E-state index contributed by atoms with van der Waals surface area (Å²) < 4.78 is 5.62. The number of nitrogens with zero attached hydrogens (tertiary/aromatic N) is 1. The van der Waals surface area contributed by atoms with Crippen LogP contribution in [0.5, 0.6) is 0 Å². The molecule has 2 heterocycles. The fourth-order valence-corrected chi connectivity index (χ4v) is 2.43. The van der Waals surface area contributed by atoms with Gasteiger partial charge < -0.3 is 9.73 Å². The number of likely N-dealkylation sites (tertiary alicyclic amines) is 1. The molecule has 1 saturated heterocycles. The van der Waals surface area contributed by atoms with Crippen LogP contribution in [-0.2, 0) is 6.54 Å². The van der Waals surface area contributed by atoms with Gasteiger partial charge in [0.25, 0.3) is 0 Å². The molecule has 0 aromatic carbocycles.